The number of anilines is 2. The molecule has 1 aliphatic rings. The Balaban J connectivity index is 1.86. The maximum atomic E-state index is 12.3. The second-order valence-electron chi connectivity index (χ2n) is 5.53. The molecule has 3 rings (SSSR count). The molecule has 1 fully saturated rings. The first-order valence-corrected chi connectivity index (χ1v) is 7.41. The highest BCUT2D eigenvalue weighted by Crippen LogP contribution is 2.26. The summed E-state index contributed by atoms with van der Waals surface area (Å²) in [4.78, 5) is 41.1. The molecule has 24 heavy (non-hydrogen) atoms. The molecule has 1 saturated heterocycles. The minimum absolute atomic E-state index is 0.0239. The van der Waals surface area contributed by atoms with Crippen LogP contribution in [0.5, 0.6) is 0 Å². The fourth-order valence-electron chi connectivity index (χ4n) is 2.40. The van der Waals surface area contributed by atoms with Gasteiger partial charge in [0.15, 0.2) is 0 Å². The maximum Gasteiger partial charge on any atom is 0.329 e. The molecule has 0 radical (unpaired) electrons. The van der Waals surface area contributed by atoms with Gasteiger partial charge in [-0.1, -0.05) is 6.07 Å². The fourth-order valence-corrected chi connectivity index (χ4v) is 2.40. The van der Waals surface area contributed by atoms with E-state index in [0.717, 1.165) is 16.2 Å². The van der Waals surface area contributed by atoms with E-state index in [1.165, 1.54) is 6.20 Å². The second-order valence-corrected chi connectivity index (χ2v) is 5.53. The number of aromatic nitrogens is 1. The van der Waals surface area contributed by atoms with Gasteiger partial charge in [0.1, 0.15) is 0 Å². The maximum absolute atomic E-state index is 12.3. The van der Waals surface area contributed by atoms with Crippen LogP contribution in [-0.2, 0) is 4.79 Å². The number of benzene rings is 1. The first kappa shape index (κ1) is 15.7. The van der Waals surface area contributed by atoms with Crippen LogP contribution < -0.4 is 15.5 Å². The lowest BCUT2D eigenvalue weighted by Crippen LogP contribution is -2.31. The Labute approximate surface area is 138 Å². The average molecular weight is 324 g/mol. The van der Waals surface area contributed by atoms with Crippen LogP contribution in [0.2, 0.25) is 0 Å². The van der Waals surface area contributed by atoms with Gasteiger partial charge in [-0.2, -0.15) is 0 Å². The van der Waals surface area contributed by atoms with Gasteiger partial charge in [-0.05, 0) is 43.7 Å². The molecular formula is C17H16N4O3. The Morgan fingerprint density at radius 2 is 2.00 bits per heavy atom. The van der Waals surface area contributed by atoms with Crippen LogP contribution in [0, 0.1) is 13.8 Å². The molecule has 2 N–H and O–H groups in total. The lowest BCUT2D eigenvalue weighted by atomic mass is 10.1. The standard InChI is InChI=1S/C17H16N4O3/c1-10-3-6-13(7-14(10)21-15(22)9-19-17(21)24)20-16(23)12-5-4-11(2)18-8-12/h3-8H,9H2,1-2H3,(H,19,24)(H,20,23). The third-order valence-electron chi connectivity index (χ3n) is 3.72. The number of amides is 4. The van der Waals surface area contributed by atoms with Crippen molar-refractivity contribution in [3.8, 4) is 0 Å². The van der Waals surface area contributed by atoms with Crippen LogP contribution in [0.15, 0.2) is 36.5 Å². The third kappa shape index (κ3) is 2.96. The van der Waals surface area contributed by atoms with Gasteiger partial charge in [-0.15, -0.1) is 0 Å². The zero-order chi connectivity index (χ0) is 17.3. The van der Waals surface area contributed by atoms with Gasteiger partial charge in [0, 0.05) is 17.6 Å². The highest BCUT2D eigenvalue weighted by molar-refractivity contribution is 6.20. The predicted octanol–water partition coefficient (Wildman–Crippen LogP) is 2.01. The average Bonchev–Trinajstić information content (AvgIpc) is 2.89. The summed E-state index contributed by atoms with van der Waals surface area (Å²) in [6, 6.07) is 8.05. The first-order valence-electron chi connectivity index (χ1n) is 7.41. The molecule has 1 aliphatic heterocycles. The van der Waals surface area contributed by atoms with Crippen molar-refractivity contribution in [3.63, 3.8) is 0 Å². The van der Waals surface area contributed by atoms with Crippen molar-refractivity contribution in [2.45, 2.75) is 13.8 Å². The number of aryl methyl sites for hydroxylation is 2. The number of hydrogen-bond donors (Lipinski definition) is 2. The summed E-state index contributed by atoms with van der Waals surface area (Å²) in [7, 11) is 0. The van der Waals surface area contributed by atoms with E-state index in [1.807, 2.05) is 6.92 Å². The van der Waals surface area contributed by atoms with E-state index >= 15 is 0 Å². The van der Waals surface area contributed by atoms with Crippen molar-refractivity contribution in [2.24, 2.45) is 0 Å². The van der Waals surface area contributed by atoms with Crippen LogP contribution in [0.1, 0.15) is 21.6 Å². The molecule has 0 bridgehead atoms. The molecule has 2 heterocycles. The van der Waals surface area contributed by atoms with Gasteiger partial charge in [0.25, 0.3) is 11.8 Å². The van der Waals surface area contributed by atoms with E-state index in [0.29, 0.717) is 16.9 Å². The Morgan fingerprint density at radius 3 is 2.62 bits per heavy atom. The smallest absolute Gasteiger partial charge is 0.328 e. The molecule has 0 unspecified atom stereocenters. The number of nitrogens with one attached hydrogen (secondary N) is 2. The summed E-state index contributed by atoms with van der Waals surface area (Å²) in [6.07, 6.45) is 1.50. The SMILES string of the molecule is Cc1ccc(C(=O)Nc2ccc(C)c(N3C(=O)CNC3=O)c2)cn1. The molecular weight excluding hydrogens is 308 g/mol. The largest absolute Gasteiger partial charge is 0.329 e. The minimum Gasteiger partial charge on any atom is -0.328 e. The number of carbonyl (C=O) groups excluding carboxylic acids is 3. The van der Waals surface area contributed by atoms with Crippen molar-refractivity contribution in [1.82, 2.24) is 10.3 Å². The molecule has 0 aliphatic carbocycles. The number of imide groups is 1. The van der Waals surface area contributed by atoms with Crippen molar-refractivity contribution in [2.75, 3.05) is 16.8 Å². The lowest BCUT2D eigenvalue weighted by molar-refractivity contribution is -0.115. The molecule has 1 aromatic carbocycles. The second kappa shape index (κ2) is 6.11. The highest BCUT2D eigenvalue weighted by Gasteiger charge is 2.31. The van der Waals surface area contributed by atoms with Crippen LogP contribution in [0.3, 0.4) is 0 Å². The third-order valence-corrected chi connectivity index (χ3v) is 3.72. The molecule has 122 valence electrons. The van der Waals surface area contributed by atoms with E-state index < -0.39 is 6.03 Å². The van der Waals surface area contributed by atoms with Crippen molar-refractivity contribution in [3.05, 3.63) is 53.3 Å². The molecule has 2 aromatic rings. The van der Waals surface area contributed by atoms with Gasteiger partial charge < -0.3 is 10.6 Å². The minimum atomic E-state index is -0.464. The molecule has 0 spiro atoms. The van der Waals surface area contributed by atoms with Crippen molar-refractivity contribution in [1.29, 1.82) is 0 Å². The van der Waals surface area contributed by atoms with E-state index in [4.69, 9.17) is 0 Å². The normalized spacial score (nSPS) is 13.8. The Hall–Kier alpha value is -3.22. The number of pyridine rings is 1. The van der Waals surface area contributed by atoms with Gasteiger partial charge in [0.2, 0.25) is 0 Å². The van der Waals surface area contributed by atoms with Gasteiger partial charge in [0.05, 0.1) is 17.8 Å². The van der Waals surface area contributed by atoms with Crippen LogP contribution >= 0.6 is 0 Å². The number of nitrogens with zero attached hydrogens (tertiary/aromatic N) is 2. The van der Waals surface area contributed by atoms with Crippen LogP contribution in [0.4, 0.5) is 16.2 Å². The molecule has 0 saturated carbocycles. The topological polar surface area (TPSA) is 91.4 Å². The summed E-state index contributed by atoms with van der Waals surface area (Å²) in [5.74, 6) is -0.635. The predicted molar refractivity (Wildman–Crippen MR) is 89.0 cm³/mol. The summed E-state index contributed by atoms with van der Waals surface area (Å²) < 4.78 is 0. The number of urea groups is 1. The van der Waals surface area contributed by atoms with E-state index in [9.17, 15) is 14.4 Å². The lowest BCUT2D eigenvalue weighted by Gasteiger charge is -2.17. The molecule has 7 nitrogen and oxygen atoms in total. The van der Waals surface area contributed by atoms with Gasteiger partial charge >= 0.3 is 6.03 Å². The monoisotopic (exact) mass is 324 g/mol. The Morgan fingerprint density at radius 1 is 1.21 bits per heavy atom. The number of hydrogen-bond acceptors (Lipinski definition) is 4. The molecule has 7 heteroatoms. The van der Waals surface area contributed by atoms with E-state index in [1.54, 1.807) is 37.3 Å². The van der Waals surface area contributed by atoms with E-state index in [-0.39, 0.29) is 18.4 Å². The summed E-state index contributed by atoms with van der Waals surface area (Å²) in [5, 5.41) is 5.23. The zero-order valence-corrected chi connectivity index (χ0v) is 13.3. The quantitative estimate of drug-likeness (QED) is 0.845. The zero-order valence-electron chi connectivity index (χ0n) is 13.3. The van der Waals surface area contributed by atoms with Gasteiger partial charge in [-0.25, -0.2) is 9.69 Å². The Bertz CT molecular complexity index is 814. The first-order chi connectivity index (χ1) is 11.5. The number of carbonyl (C=O) groups is 3. The van der Waals surface area contributed by atoms with Crippen molar-refractivity contribution >= 4 is 29.2 Å². The van der Waals surface area contributed by atoms with E-state index in [2.05, 4.69) is 15.6 Å². The summed E-state index contributed by atoms with van der Waals surface area (Å²) in [6.45, 7) is 3.61. The summed E-state index contributed by atoms with van der Waals surface area (Å²) >= 11 is 0. The Kier molecular flexibility index (Phi) is 3.99. The molecule has 0 atom stereocenters. The summed E-state index contributed by atoms with van der Waals surface area (Å²) in [5.41, 5.74) is 2.96. The molecule has 4 amide bonds. The van der Waals surface area contributed by atoms with Crippen molar-refractivity contribution < 1.29 is 14.4 Å². The van der Waals surface area contributed by atoms with Crippen LogP contribution in [0.25, 0.3) is 0 Å². The fraction of sp³-hybridized carbons (Fsp3) is 0.176. The number of rotatable bonds is 3. The molecule has 1 aromatic heterocycles. The highest BCUT2D eigenvalue weighted by atomic mass is 16.2. The van der Waals surface area contributed by atoms with Crippen LogP contribution in [-0.4, -0.2) is 29.4 Å². The van der Waals surface area contributed by atoms with Gasteiger partial charge in [-0.3, -0.25) is 14.6 Å².